The maximum atomic E-state index is 13.2. The van der Waals surface area contributed by atoms with E-state index in [1.165, 1.54) is 37.0 Å². The SMILES string of the molecule is COC(=O)c1c(-c2ccc(F)cc2)csc1NC(=O)CN1CCCC(C)C1. The molecule has 1 aliphatic rings. The number of ether oxygens (including phenoxy) is 1. The lowest BCUT2D eigenvalue weighted by Gasteiger charge is -2.30. The van der Waals surface area contributed by atoms with E-state index >= 15 is 0 Å². The lowest BCUT2D eigenvalue weighted by atomic mass is 10.0. The molecule has 0 bridgehead atoms. The molecule has 2 aromatic rings. The minimum Gasteiger partial charge on any atom is -0.465 e. The Kier molecular flexibility index (Phi) is 6.23. The van der Waals surface area contributed by atoms with Crippen molar-refractivity contribution in [2.45, 2.75) is 19.8 Å². The van der Waals surface area contributed by atoms with Crippen LogP contribution in [0, 0.1) is 11.7 Å². The van der Waals surface area contributed by atoms with Gasteiger partial charge in [-0.3, -0.25) is 9.69 Å². The molecule has 2 heterocycles. The zero-order valence-electron chi connectivity index (χ0n) is 15.5. The highest BCUT2D eigenvalue weighted by Gasteiger charge is 2.24. The third kappa shape index (κ3) is 4.73. The van der Waals surface area contributed by atoms with E-state index in [0.717, 1.165) is 19.5 Å². The molecule has 3 rings (SSSR count). The molecular formula is C20H23FN2O3S. The molecule has 0 aliphatic carbocycles. The van der Waals surface area contributed by atoms with E-state index in [1.807, 2.05) is 0 Å². The average Bonchev–Trinajstić information content (AvgIpc) is 3.05. The molecule has 0 saturated carbocycles. The van der Waals surface area contributed by atoms with Crippen LogP contribution < -0.4 is 5.32 Å². The molecule has 1 aromatic heterocycles. The topological polar surface area (TPSA) is 58.6 Å². The van der Waals surface area contributed by atoms with Crippen molar-refractivity contribution in [2.75, 3.05) is 32.1 Å². The van der Waals surface area contributed by atoms with Gasteiger partial charge in [0, 0.05) is 17.5 Å². The predicted octanol–water partition coefficient (Wildman–Crippen LogP) is 4.01. The third-order valence-corrected chi connectivity index (χ3v) is 5.59. The summed E-state index contributed by atoms with van der Waals surface area (Å²) in [5.74, 6) is -0.443. The number of carbonyl (C=O) groups excluding carboxylic acids is 2. The Hall–Kier alpha value is -2.25. The Labute approximate surface area is 162 Å². The number of nitrogens with zero attached hydrogens (tertiary/aromatic N) is 1. The number of thiophene rings is 1. The van der Waals surface area contributed by atoms with Gasteiger partial charge in [0.1, 0.15) is 16.4 Å². The van der Waals surface area contributed by atoms with E-state index in [-0.39, 0.29) is 11.7 Å². The molecule has 0 spiro atoms. The van der Waals surface area contributed by atoms with Crippen LogP contribution in [0.1, 0.15) is 30.1 Å². The molecule has 1 aliphatic heterocycles. The number of hydrogen-bond acceptors (Lipinski definition) is 5. The van der Waals surface area contributed by atoms with Gasteiger partial charge in [-0.25, -0.2) is 9.18 Å². The van der Waals surface area contributed by atoms with E-state index in [2.05, 4.69) is 17.1 Å². The smallest absolute Gasteiger partial charge is 0.341 e. The minimum absolute atomic E-state index is 0.151. The predicted molar refractivity (Wildman–Crippen MR) is 105 cm³/mol. The Bertz CT molecular complexity index is 819. The minimum atomic E-state index is -0.530. The van der Waals surface area contributed by atoms with Gasteiger partial charge >= 0.3 is 5.97 Å². The number of methoxy groups -OCH3 is 1. The number of benzene rings is 1. The van der Waals surface area contributed by atoms with Crippen LogP contribution in [0.4, 0.5) is 9.39 Å². The molecule has 1 unspecified atom stereocenters. The van der Waals surface area contributed by atoms with Crippen molar-refractivity contribution in [3.05, 3.63) is 41.0 Å². The summed E-state index contributed by atoms with van der Waals surface area (Å²) in [6.07, 6.45) is 2.28. The summed E-state index contributed by atoms with van der Waals surface area (Å²) in [6.45, 7) is 4.30. The van der Waals surface area contributed by atoms with Crippen molar-refractivity contribution in [2.24, 2.45) is 5.92 Å². The number of carbonyl (C=O) groups is 2. The van der Waals surface area contributed by atoms with Crippen LogP contribution in [0.5, 0.6) is 0 Å². The number of rotatable bonds is 5. The molecule has 144 valence electrons. The first-order valence-electron chi connectivity index (χ1n) is 8.96. The van der Waals surface area contributed by atoms with Crippen molar-refractivity contribution in [1.82, 2.24) is 4.90 Å². The maximum absolute atomic E-state index is 13.2. The first-order chi connectivity index (χ1) is 13.0. The zero-order valence-corrected chi connectivity index (χ0v) is 16.3. The van der Waals surface area contributed by atoms with Gasteiger partial charge in [0.15, 0.2) is 0 Å². The second kappa shape index (κ2) is 8.63. The van der Waals surface area contributed by atoms with Gasteiger partial charge in [-0.1, -0.05) is 19.1 Å². The number of esters is 1. The lowest BCUT2D eigenvalue weighted by Crippen LogP contribution is -2.39. The van der Waals surface area contributed by atoms with Gasteiger partial charge in [0.05, 0.1) is 13.7 Å². The second-order valence-electron chi connectivity index (χ2n) is 6.88. The quantitative estimate of drug-likeness (QED) is 0.784. The van der Waals surface area contributed by atoms with E-state index in [0.29, 0.717) is 34.2 Å². The Balaban J connectivity index is 1.79. The fourth-order valence-corrected chi connectivity index (χ4v) is 4.37. The maximum Gasteiger partial charge on any atom is 0.341 e. The van der Waals surface area contributed by atoms with Gasteiger partial charge in [-0.05, 0) is 43.0 Å². The van der Waals surface area contributed by atoms with E-state index < -0.39 is 5.97 Å². The number of halogens is 1. The monoisotopic (exact) mass is 390 g/mol. The van der Waals surface area contributed by atoms with Crippen molar-refractivity contribution in [3.63, 3.8) is 0 Å². The second-order valence-corrected chi connectivity index (χ2v) is 7.76. The summed E-state index contributed by atoms with van der Waals surface area (Å²) in [4.78, 5) is 26.9. The third-order valence-electron chi connectivity index (χ3n) is 4.70. The first kappa shape index (κ1) is 19.5. The highest BCUT2D eigenvalue weighted by atomic mass is 32.1. The molecule has 0 radical (unpaired) electrons. The normalized spacial score (nSPS) is 17.5. The van der Waals surface area contributed by atoms with Crippen molar-refractivity contribution in [3.8, 4) is 11.1 Å². The summed E-state index contributed by atoms with van der Waals surface area (Å²) in [7, 11) is 1.30. The number of piperidine rings is 1. The van der Waals surface area contributed by atoms with E-state index in [9.17, 15) is 14.0 Å². The van der Waals surface area contributed by atoms with Crippen LogP contribution >= 0.6 is 11.3 Å². The van der Waals surface area contributed by atoms with Gasteiger partial charge < -0.3 is 10.1 Å². The molecule has 5 nitrogen and oxygen atoms in total. The molecule has 1 saturated heterocycles. The Morgan fingerprint density at radius 3 is 2.74 bits per heavy atom. The molecular weight excluding hydrogens is 367 g/mol. The first-order valence-corrected chi connectivity index (χ1v) is 9.84. The number of amides is 1. The van der Waals surface area contributed by atoms with Crippen LogP contribution in [0.2, 0.25) is 0 Å². The van der Waals surface area contributed by atoms with Crippen LogP contribution in [0.25, 0.3) is 11.1 Å². The standard InChI is InChI=1S/C20H23FN2O3S/c1-13-4-3-9-23(10-13)11-17(24)22-19-18(20(25)26-2)16(12-27-19)14-5-7-15(21)8-6-14/h5-8,12-13H,3-4,9-11H2,1-2H3,(H,22,24). The summed E-state index contributed by atoms with van der Waals surface area (Å²) in [5.41, 5.74) is 1.61. The van der Waals surface area contributed by atoms with Gasteiger partial charge in [-0.2, -0.15) is 0 Å². The number of anilines is 1. The van der Waals surface area contributed by atoms with Crippen molar-refractivity contribution < 1.29 is 18.7 Å². The molecule has 27 heavy (non-hydrogen) atoms. The average molecular weight is 390 g/mol. The van der Waals surface area contributed by atoms with Crippen LogP contribution in [-0.4, -0.2) is 43.5 Å². The zero-order chi connectivity index (χ0) is 19.4. The van der Waals surface area contributed by atoms with Gasteiger partial charge in [0.25, 0.3) is 0 Å². The Morgan fingerprint density at radius 2 is 2.07 bits per heavy atom. The van der Waals surface area contributed by atoms with Crippen LogP contribution in [-0.2, 0) is 9.53 Å². The molecule has 1 N–H and O–H groups in total. The molecule has 1 fully saturated rings. The molecule has 1 atom stereocenters. The van der Waals surface area contributed by atoms with E-state index in [4.69, 9.17) is 4.74 Å². The number of hydrogen-bond donors (Lipinski definition) is 1. The highest BCUT2D eigenvalue weighted by molar-refractivity contribution is 7.15. The Morgan fingerprint density at radius 1 is 1.33 bits per heavy atom. The van der Waals surface area contributed by atoms with Crippen molar-refractivity contribution in [1.29, 1.82) is 0 Å². The van der Waals surface area contributed by atoms with E-state index in [1.54, 1.807) is 17.5 Å². The number of nitrogens with one attached hydrogen (secondary N) is 1. The summed E-state index contributed by atoms with van der Waals surface area (Å²) in [6, 6.07) is 5.88. The van der Waals surface area contributed by atoms with Crippen LogP contribution in [0.3, 0.4) is 0 Å². The highest BCUT2D eigenvalue weighted by Crippen LogP contribution is 2.36. The molecule has 1 aromatic carbocycles. The van der Waals surface area contributed by atoms with Crippen LogP contribution in [0.15, 0.2) is 29.6 Å². The largest absolute Gasteiger partial charge is 0.465 e. The summed E-state index contributed by atoms with van der Waals surface area (Å²) in [5, 5.41) is 5.08. The number of likely N-dealkylation sites (tertiary alicyclic amines) is 1. The van der Waals surface area contributed by atoms with Crippen molar-refractivity contribution >= 4 is 28.2 Å². The van der Waals surface area contributed by atoms with Gasteiger partial charge in [-0.15, -0.1) is 11.3 Å². The molecule has 1 amide bonds. The van der Waals surface area contributed by atoms with Gasteiger partial charge in [0.2, 0.25) is 5.91 Å². The summed E-state index contributed by atoms with van der Waals surface area (Å²) >= 11 is 1.26. The fourth-order valence-electron chi connectivity index (χ4n) is 3.40. The molecule has 7 heteroatoms. The summed E-state index contributed by atoms with van der Waals surface area (Å²) < 4.78 is 18.1. The fraction of sp³-hybridized carbons (Fsp3) is 0.400. The lowest BCUT2D eigenvalue weighted by molar-refractivity contribution is -0.117.